The standard InChI is InChI=1S/C25H32O5/c1-15(6-5-7-18-10-11-29-14-18)12-19-13-17(3)20-9-8-16(2)21(20)25(19)22(26)24(4,28)23(27)30-25/h10-14,16,19-21,28H,5-9H2,1-4H3/b15-12+/t16-,19+,20-,21+,24?,25+/m0/s1. The van der Waals surface area contributed by atoms with Crippen molar-refractivity contribution >= 4 is 11.8 Å². The molecule has 0 bridgehead atoms. The second kappa shape index (κ2) is 7.52. The maximum absolute atomic E-state index is 13.5. The van der Waals surface area contributed by atoms with E-state index in [0.717, 1.165) is 37.7 Å². The first-order chi connectivity index (χ1) is 14.2. The number of carbonyl (C=O) groups excluding carboxylic acids is 2. The zero-order valence-electron chi connectivity index (χ0n) is 18.3. The van der Waals surface area contributed by atoms with Crippen molar-refractivity contribution in [3.05, 3.63) is 47.5 Å². The molecule has 5 heteroatoms. The monoisotopic (exact) mass is 412 g/mol. The fourth-order valence-corrected chi connectivity index (χ4v) is 5.96. The molecule has 2 heterocycles. The summed E-state index contributed by atoms with van der Waals surface area (Å²) < 4.78 is 11.0. The smallest absolute Gasteiger partial charge is 0.346 e. The number of fused-ring (bicyclic) bond motifs is 2. The van der Waals surface area contributed by atoms with Gasteiger partial charge >= 0.3 is 5.97 Å². The first kappa shape index (κ1) is 21.1. The minimum atomic E-state index is -2.08. The Labute approximate surface area is 178 Å². The number of hydrogen-bond acceptors (Lipinski definition) is 5. The van der Waals surface area contributed by atoms with Crippen molar-refractivity contribution in [1.29, 1.82) is 0 Å². The van der Waals surface area contributed by atoms with Crippen molar-refractivity contribution in [3.8, 4) is 0 Å². The van der Waals surface area contributed by atoms with E-state index in [9.17, 15) is 14.7 Å². The number of aliphatic hydroxyl groups is 1. The highest BCUT2D eigenvalue weighted by Crippen LogP contribution is 2.57. The lowest BCUT2D eigenvalue weighted by atomic mass is 9.60. The summed E-state index contributed by atoms with van der Waals surface area (Å²) >= 11 is 0. The van der Waals surface area contributed by atoms with Crippen LogP contribution in [0.1, 0.15) is 58.9 Å². The van der Waals surface area contributed by atoms with E-state index >= 15 is 0 Å². The van der Waals surface area contributed by atoms with Crippen molar-refractivity contribution < 1.29 is 23.8 Å². The van der Waals surface area contributed by atoms with Crippen LogP contribution in [0.3, 0.4) is 0 Å². The Bertz CT molecular complexity index is 891. The van der Waals surface area contributed by atoms with Crippen molar-refractivity contribution in [3.63, 3.8) is 0 Å². The van der Waals surface area contributed by atoms with Gasteiger partial charge in [-0.1, -0.05) is 30.2 Å². The average Bonchev–Trinajstić information content (AvgIpc) is 3.37. The van der Waals surface area contributed by atoms with Gasteiger partial charge in [0.1, 0.15) is 0 Å². The fourth-order valence-electron chi connectivity index (χ4n) is 5.96. The summed E-state index contributed by atoms with van der Waals surface area (Å²) in [6, 6.07) is 1.97. The molecule has 1 N–H and O–H groups in total. The second-order valence-electron chi connectivity index (χ2n) is 9.71. The number of rotatable bonds is 5. The lowest BCUT2D eigenvalue weighted by Crippen LogP contribution is -2.57. The molecule has 1 saturated carbocycles. The third kappa shape index (κ3) is 3.18. The Morgan fingerprint density at radius 3 is 2.73 bits per heavy atom. The number of esters is 1. The Morgan fingerprint density at radius 2 is 2.10 bits per heavy atom. The van der Waals surface area contributed by atoms with Gasteiger partial charge in [0, 0.05) is 11.8 Å². The number of Topliss-reactive ketones (excluding diaryl/α,β-unsaturated/α-hetero) is 1. The molecule has 1 saturated heterocycles. The van der Waals surface area contributed by atoms with E-state index in [1.807, 2.05) is 6.07 Å². The molecule has 30 heavy (non-hydrogen) atoms. The number of ether oxygens (including phenoxy) is 1. The highest BCUT2D eigenvalue weighted by Gasteiger charge is 2.71. The Kier molecular flexibility index (Phi) is 5.29. The minimum Gasteiger partial charge on any atom is -0.472 e. The summed E-state index contributed by atoms with van der Waals surface area (Å²) in [5, 5.41) is 10.6. The molecule has 1 aromatic heterocycles. The number of ketones is 1. The van der Waals surface area contributed by atoms with Crippen LogP contribution < -0.4 is 0 Å². The number of allylic oxidation sites excluding steroid dienone is 2. The fraction of sp³-hybridized carbons (Fsp3) is 0.600. The quantitative estimate of drug-likeness (QED) is 0.441. The van der Waals surface area contributed by atoms with E-state index in [1.54, 1.807) is 12.5 Å². The first-order valence-corrected chi connectivity index (χ1v) is 11.0. The Balaban J connectivity index is 1.66. The van der Waals surface area contributed by atoms with Gasteiger partial charge in [0.25, 0.3) is 0 Å². The summed E-state index contributed by atoms with van der Waals surface area (Å²) in [6.45, 7) is 7.61. The van der Waals surface area contributed by atoms with Gasteiger partial charge in [0.15, 0.2) is 5.60 Å². The Hall–Kier alpha value is -2.14. The maximum Gasteiger partial charge on any atom is 0.346 e. The Morgan fingerprint density at radius 1 is 1.33 bits per heavy atom. The summed E-state index contributed by atoms with van der Waals surface area (Å²) in [7, 11) is 0. The van der Waals surface area contributed by atoms with Gasteiger partial charge < -0.3 is 14.3 Å². The van der Waals surface area contributed by atoms with Gasteiger partial charge in [-0.3, -0.25) is 4.79 Å². The van der Waals surface area contributed by atoms with Gasteiger partial charge in [0.2, 0.25) is 11.4 Å². The highest BCUT2D eigenvalue weighted by molar-refractivity contribution is 6.16. The number of aryl methyl sites for hydroxylation is 1. The van der Waals surface area contributed by atoms with Crippen LogP contribution in [0, 0.1) is 23.7 Å². The van der Waals surface area contributed by atoms with Crippen LogP contribution in [0.5, 0.6) is 0 Å². The summed E-state index contributed by atoms with van der Waals surface area (Å²) in [5.74, 6) is -1.25. The van der Waals surface area contributed by atoms with Crippen LogP contribution in [0.15, 0.2) is 46.3 Å². The van der Waals surface area contributed by atoms with Gasteiger partial charge in [0.05, 0.1) is 12.5 Å². The third-order valence-corrected chi connectivity index (χ3v) is 7.53. The van der Waals surface area contributed by atoms with E-state index in [2.05, 4.69) is 32.9 Å². The molecular formula is C25H32O5. The predicted octanol–water partition coefficient (Wildman–Crippen LogP) is 4.40. The highest BCUT2D eigenvalue weighted by atomic mass is 16.6. The van der Waals surface area contributed by atoms with Crippen molar-refractivity contribution in [2.75, 3.05) is 0 Å². The van der Waals surface area contributed by atoms with Crippen molar-refractivity contribution in [1.82, 2.24) is 0 Å². The molecule has 1 spiro atoms. The van der Waals surface area contributed by atoms with E-state index in [4.69, 9.17) is 9.15 Å². The summed E-state index contributed by atoms with van der Waals surface area (Å²) in [6.07, 6.45) is 12.4. The SMILES string of the molecule is CC1=C[C@@H](/C=C(\C)CCCc2ccoc2)[C@@]2(OC(=O)C(C)(O)C2=O)[C@@H]2[C@@H](C)CC[C@@H]12. The largest absolute Gasteiger partial charge is 0.472 e. The molecule has 2 aliphatic carbocycles. The van der Waals surface area contributed by atoms with Crippen LogP contribution in [-0.2, 0) is 20.7 Å². The van der Waals surface area contributed by atoms with Gasteiger partial charge in [-0.2, -0.15) is 0 Å². The molecule has 1 unspecified atom stereocenters. The van der Waals surface area contributed by atoms with Crippen LogP contribution >= 0.6 is 0 Å². The van der Waals surface area contributed by atoms with Crippen molar-refractivity contribution in [2.45, 2.75) is 71.0 Å². The van der Waals surface area contributed by atoms with Crippen LogP contribution in [0.25, 0.3) is 0 Å². The predicted molar refractivity (Wildman–Crippen MR) is 112 cm³/mol. The minimum absolute atomic E-state index is 0.0899. The number of furan rings is 1. The van der Waals surface area contributed by atoms with E-state index in [1.165, 1.54) is 18.1 Å². The molecule has 5 nitrogen and oxygen atoms in total. The second-order valence-corrected chi connectivity index (χ2v) is 9.71. The zero-order chi connectivity index (χ0) is 21.7. The molecule has 3 aliphatic rings. The third-order valence-electron chi connectivity index (χ3n) is 7.53. The molecule has 162 valence electrons. The molecule has 2 fully saturated rings. The molecule has 0 amide bonds. The summed E-state index contributed by atoms with van der Waals surface area (Å²) in [4.78, 5) is 26.1. The molecule has 6 atom stereocenters. The zero-order valence-corrected chi connectivity index (χ0v) is 18.3. The van der Waals surface area contributed by atoms with Gasteiger partial charge in [-0.15, -0.1) is 0 Å². The first-order valence-electron chi connectivity index (χ1n) is 11.0. The van der Waals surface area contributed by atoms with Crippen LogP contribution in [0.2, 0.25) is 0 Å². The molecule has 1 aliphatic heterocycles. The normalized spacial score (nSPS) is 38.7. The molecular weight excluding hydrogens is 380 g/mol. The lowest BCUT2D eigenvalue weighted by molar-refractivity contribution is -0.167. The van der Waals surface area contributed by atoms with E-state index in [-0.39, 0.29) is 23.7 Å². The topological polar surface area (TPSA) is 76.7 Å². The summed E-state index contributed by atoms with van der Waals surface area (Å²) in [5.41, 5.74) is 0.218. The van der Waals surface area contributed by atoms with E-state index in [0.29, 0.717) is 0 Å². The number of carbonyl (C=O) groups is 2. The average molecular weight is 413 g/mol. The molecule has 4 rings (SSSR count). The lowest BCUT2D eigenvalue weighted by Gasteiger charge is -2.45. The molecule has 0 radical (unpaired) electrons. The van der Waals surface area contributed by atoms with Gasteiger partial charge in [-0.05, 0) is 76.3 Å². The van der Waals surface area contributed by atoms with Crippen LogP contribution in [0.4, 0.5) is 0 Å². The van der Waals surface area contributed by atoms with E-state index < -0.39 is 23.0 Å². The van der Waals surface area contributed by atoms with Crippen molar-refractivity contribution in [2.24, 2.45) is 23.7 Å². The molecule has 0 aromatic carbocycles. The van der Waals surface area contributed by atoms with Gasteiger partial charge in [-0.25, -0.2) is 4.79 Å². The molecule has 1 aromatic rings. The van der Waals surface area contributed by atoms with Crippen LogP contribution in [-0.4, -0.2) is 28.1 Å². The number of hydrogen-bond donors (Lipinski definition) is 1. The maximum atomic E-state index is 13.5.